The molecule has 0 radical (unpaired) electrons. The average Bonchev–Trinajstić information content (AvgIpc) is 3.63. The Kier molecular flexibility index (Phi) is 6.92. The van der Waals surface area contributed by atoms with Crippen LogP contribution in [0.4, 0.5) is 23.0 Å². The molecular weight excluding hydrogens is 422 g/mol. The highest BCUT2D eigenvalue weighted by molar-refractivity contribution is 7.98. The summed E-state index contributed by atoms with van der Waals surface area (Å²) in [6.07, 6.45) is 6.11. The lowest BCUT2D eigenvalue weighted by atomic mass is 10.1. The number of aryl methyl sites for hydroxylation is 1. The lowest BCUT2D eigenvalue weighted by molar-refractivity contribution is 0.0365. The van der Waals surface area contributed by atoms with Crippen molar-refractivity contribution < 1.29 is 9.63 Å². The maximum absolute atomic E-state index is 12.7. The Labute approximate surface area is 192 Å². The van der Waals surface area contributed by atoms with Gasteiger partial charge in [-0.2, -0.15) is 0 Å². The molecule has 0 bridgehead atoms. The van der Waals surface area contributed by atoms with Gasteiger partial charge in [0.15, 0.2) is 0 Å². The zero-order chi connectivity index (χ0) is 22.5. The number of carbonyl (C=O) groups is 1. The van der Waals surface area contributed by atoms with E-state index in [9.17, 15) is 4.79 Å². The highest BCUT2D eigenvalue weighted by atomic mass is 32.2. The Hall–Kier alpha value is -3.10. The van der Waals surface area contributed by atoms with E-state index in [0.717, 1.165) is 16.3 Å². The Morgan fingerprint density at radius 3 is 2.69 bits per heavy atom. The summed E-state index contributed by atoms with van der Waals surface area (Å²) >= 11 is 1.68. The Morgan fingerprint density at radius 1 is 1.12 bits per heavy atom. The minimum atomic E-state index is -0.359. The average molecular weight is 450 g/mol. The summed E-state index contributed by atoms with van der Waals surface area (Å²) in [6, 6.07) is 14.0. The fourth-order valence-electron chi connectivity index (χ4n) is 3.37. The summed E-state index contributed by atoms with van der Waals surface area (Å²) in [5.41, 5.74) is 6.69. The molecule has 2 heterocycles. The van der Waals surface area contributed by atoms with Crippen LogP contribution in [0.5, 0.6) is 0 Å². The van der Waals surface area contributed by atoms with Crippen LogP contribution in [-0.2, 0) is 4.84 Å². The number of carbonyl (C=O) groups excluding carboxylic acids is 1. The van der Waals surface area contributed by atoms with Crippen molar-refractivity contribution in [1.82, 2.24) is 15.4 Å². The second-order valence-corrected chi connectivity index (χ2v) is 8.48. The summed E-state index contributed by atoms with van der Waals surface area (Å²) in [7, 11) is 0. The van der Waals surface area contributed by atoms with E-state index < -0.39 is 0 Å². The first-order valence-electron chi connectivity index (χ1n) is 10.6. The van der Waals surface area contributed by atoms with Gasteiger partial charge < -0.3 is 10.6 Å². The molecule has 0 atom stereocenters. The van der Waals surface area contributed by atoms with Crippen LogP contribution in [0.25, 0.3) is 0 Å². The first-order chi connectivity index (χ1) is 15.6. The largest absolute Gasteiger partial charge is 0.354 e. The molecule has 0 saturated heterocycles. The van der Waals surface area contributed by atoms with Crippen molar-refractivity contribution >= 4 is 40.7 Å². The number of benzene rings is 1. The normalized spacial score (nSPS) is 13.0. The van der Waals surface area contributed by atoms with Gasteiger partial charge in [0.05, 0.1) is 23.5 Å². The number of aromatic nitrogens is 2. The van der Waals surface area contributed by atoms with E-state index in [4.69, 9.17) is 4.84 Å². The van der Waals surface area contributed by atoms with Gasteiger partial charge in [-0.25, -0.2) is 15.4 Å². The lowest BCUT2D eigenvalue weighted by Gasteiger charge is -2.16. The standard InChI is InChI=1S/C24H27N5O2S/c1-4-31-29-24(30)18-14-25-23(28-22-7-5-6-15(2)26-22)13-20(18)27-19-11-10-17(16-8-9-16)12-21(19)32-3/h5-7,10-14,16H,4,8-9H2,1-3H3,(H,29,30)(H2,25,26,27,28). The van der Waals surface area contributed by atoms with Gasteiger partial charge in [-0.05, 0) is 68.7 Å². The van der Waals surface area contributed by atoms with Gasteiger partial charge in [-0.1, -0.05) is 12.1 Å². The van der Waals surface area contributed by atoms with Gasteiger partial charge in [0.2, 0.25) is 0 Å². The second-order valence-electron chi connectivity index (χ2n) is 7.63. The van der Waals surface area contributed by atoms with E-state index in [1.54, 1.807) is 11.8 Å². The molecule has 4 rings (SSSR count). The van der Waals surface area contributed by atoms with Gasteiger partial charge in [0.25, 0.3) is 5.91 Å². The maximum Gasteiger partial charge on any atom is 0.278 e. The minimum Gasteiger partial charge on any atom is -0.354 e. The quantitative estimate of drug-likeness (QED) is 0.291. The monoisotopic (exact) mass is 449 g/mol. The zero-order valence-electron chi connectivity index (χ0n) is 18.4. The van der Waals surface area contributed by atoms with E-state index in [2.05, 4.69) is 50.5 Å². The van der Waals surface area contributed by atoms with Crippen LogP contribution in [0, 0.1) is 6.92 Å². The fourth-order valence-corrected chi connectivity index (χ4v) is 3.96. The first kappa shape index (κ1) is 22.1. The minimum absolute atomic E-state index is 0.359. The number of amides is 1. The second kappa shape index (κ2) is 10.0. The van der Waals surface area contributed by atoms with Crippen LogP contribution >= 0.6 is 11.8 Å². The molecule has 0 unspecified atom stereocenters. The number of nitrogens with one attached hydrogen (secondary N) is 3. The Balaban J connectivity index is 1.66. The molecule has 1 fully saturated rings. The third-order valence-electron chi connectivity index (χ3n) is 5.15. The Morgan fingerprint density at radius 2 is 1.97 bits per heavy atom. The number of nitrogens with zero attached hydrogens (tertiary/aromatic N) is 2. The molecule has 8 heteroatoms. The third-order valence-corrected chi connectivity index (χ3v) is 5.92. The van der Waals surface area contributed by atoms with Crippen molar-refractivity contribution in [1.29, 1.82) is 0 Å². The molecule has 166 valence electrons. The van der Waals surface area contributed by atoms with Crippen molar-refractivity contribution in [3.63, 3.8) is 0 Å². The van der Waals surface area contributed by atoms with Gasteiger partial charge >= 0.3 is 0 Å². The van der Waals surface area contributed by atoms with Gasteiger partial charge in [-0.15, -0.1) is 11.8 Å². The van der Waals surface area contributed by atoms with Crippen LogP contribution in [0.15, 0.2) is 53.6 Å². The van der Waals surface area contributed by atoms with Crippen LogP contribution in [0.3, 0.4) is 0 Å². The highest BCUT2D eigenvalue weighted by Gasteiger charge is 2.24. The van der Waals surface area contributed by atoms with Crippen molar-refractivity contribution in [3.8, 4) is 0 Å². The molecule has 1 amide bonds. The van der Waals surface area contributed by atoms with E-state index >= 15 is 0 Å². The molecule has 0 aliphatic heterocycles. The molecule has 1 aliphatic rings. The van der Waals surface area contributed by atoms with Gasteiger partial charge in [0.1, 0.15) is 11.6 Å². The number of thioether (sulfide) groups is 1. The van der Waals surface area contributed by atoms with E-state index in [1.807, 2.05) is 38.1 Å². The van der Waals surface area contributed by atoms with Crippen molar-refractivity contribution in [2.75, 3.05) is 23.5 Å². The number of hydroxylamine groups is 1. The fraction of sp³-hybridized carbons (Fsp3) is 0.292. The smallest absolute Gasteiger partial charge is 0.278 e. The summed E-state index contributed by atoms with van der Waals surface area (Å²) in [6.45, 7) is 4.12. The summed E-state index contributed by atoms with van der Waals surface area (Å²) in [5, 5.41) is 6.65. The molecule has 1 aliphatic carbocycles. The van der Waals surface area contributed by atoms with E-state index in [0.29, 0.717) is 35.4 Å². The van der Waals surface area contributed by atoms with Crippen molar-refractivity contribution in [2.24, 2.45) is 0 Å². The molecule has 7 nitrogen and oxygen atoms in total. The van der Waals surface area contributed by atoms with Crippen LogP contribution in [0.1, 0.15) is 47.3 Å². The molecule has 1 saturated carbocycles. The summed E-state index contributed by atoms with van der Waals surface area (Å²) in [5.74, 6) is 1.59. The van der Waals surface area contributed by atoms with Crippen LogP contribution in [-0.4, -0.2) is 28.7 Å². The number of anilines is 4. The van der Waals surface area contributed by atoms with Crippen molar-refractivity contribution in [3.05, 3.63) is 65.5 Å². The third kappa shape index (κ3) is 5.38. The topological polar surface area (TPSA) is 88.2 Å². The number of pyridine rings is 2. The first-order valence-corrected chi connectivity index (χ1v) is 11.9. The maximum atomic E-state index is 12.7. The molecule has 2 aromatic heterocycles. The van der Waals surface area contributed by atoms with Crippen molar-refractivity contribution in [2.45, 2.75) is 37.5 Å². The zero-order valence-corrected chi connectivity index (χ0v) is 19.3. The SMILES string of the molecule is CCONC(=O)c1cnc(Nc2cccc(C)n2)cc1Nc1ccc(C2CC2)cc1SC. The highest BCUT2D eigenvalue weighted by Crippen LogP contribution is 2.42. The summed E-state index contributed by atoms with van der Waals surface area (Å²) < 4.78 is 0. The molecular formula is C24H27N5O2S. The van der Waals surface area contributed by atoms with Gasteiger partial charge in [0, 0.05) is 22.9 Å². The van der Waals surface area contributed by atoms with Crippen LogP contribution < -0.4 is 16.1 Å². The number of hydrogen-bond donors (Lipinski definition) is 3. The number of rotatable bonds is 9. The molecule has 1 aromatic carbocycles. The summed E-state index contributed by atoms with van der Waals surface area (Å²) in [4.78, 5) is 27.8. The predicted molar refractivity (Wildman–Crippen MR) is 129 cm³/mol. The van der Waals surface area contributed by atoms with Crippen LogP contribution in [0.2, 0.25) is 0 Å². The molecule has 3 N–H and O–H groups in total. The Bertz CT molecular complexity index is 1120. The lowest BCUT2D eigenvalue weighted by Crippen LogP contribution is -2.24. The molecule has 32 heavy (non-hydrogen) atoms. The van der Waals surface area contributed by atoms with E-state index in [-0.39, 0.29) is 5.91 Å². The van der Waals surface area contributed by atoms with E-state index in [1.165, 1.54) is 24.6 Å². The predicted octanol–water partition coefficient (Wildman–Crippen LogP) is 5.55. The molecule has 0 spiro atoms. The van der Waals surface area contributed by atoms with Gasteiger partial charge in [-0.3, -0.25) is 9.63 Å². The molecule has 3 aromatic rings. The number of hydrogen-bond acceptors (Lipinski definition) is 7.